The van der Waals surface area contributed by atoms with Gasteiger partial charge in [0.25, 0.3) is 0 Å². The molecule has 2 aromatic heterocycles. The average Bonchev–Trinajstić information content (AvgIpc) is 3.05. The highest BCUT2D eigenvalue weighted by Crippen LogP contribution is 2.47. The van der Waals surface area contributed by atoms with Crippen molar-refractivity contribution in [2.45, 2.75) is 38.0 Å². The highest BCUT2D eigenvalue weighted by molar-refractivity contribution is 5.70. The molecule has 3 heterocycles. The second-order valence-corrected chi connectivity index (χ2v) is 5.71. The van der Waals surface area contributed by atoms with E-state index in [2.05, 4.69) is 26.8 Å². The zero-order valence-corrected chi connectivity index (χ0v) is 13.2. The molecule has 8 nitrogen and oxygen atoms in total. The van der Waals surface area contributed by atoms with E-state index in [4.69, 9.17) is 10.5 Å². The van der Waals surface area contributed by atoms with Gasteiger partial charge in [-0.15, -0.1) is 5.92 Å². The third kappa shape index (κ3) is 2.39. The topological polar surface area (TPSA) is 119 Å². The number of nitrogen functional groups attached to an aromatic ring is 1. The van der Waals surface area contributed by atoms with Crippen LogP contribution in [-0.2, 0) is 4.74 Å². The maximum Gasteiger partial charge on any atom is 0.223 e. The molecule has 0 spiro atoms. The Labute approximate surface area is 137 Å². The van der Waals surface area contributed by atoms with Gasteiger partial charge in [0.1, 0.15) is 5.52 Å². The summed E-state index contributed by atoms with van der Waals surface area (Å²) in [4.78, 5) is 12.0. The molecule has 0 saturated carbocycles. The van der Waals surface area contributed by atoms with E-state index in [9.17, 15) is 10.2 Å². The molecule has 1 saturated heterocycles. The Morgan fingerprint density at radius 3 is 2.92 bits per heavy atom. The van der Waals surface area contributed by atoms with Crippen LogP contribution in [-0.4, -0.2) is 54.2 Å². The summed E-state index contributed by atoms with van der Waals surface area (Å²) >= 11 is 0. The first-order chi connectivity index (χ1) is 11.4. The Morgan fingerprint density at radius 2 is 2.29 bits per heavy atom. The van der Waals surface area contributed by atoms with Gasteiger partial charge in [-0.3, -0.25) is 4.57 Å². The molecule has 0 bridgehead atoms. The number of aliphatic hydroxyl groups is 2. The van der Waals surface area contributed by atoms with Crippen molar-refractivity contribution in [2.75, 3.05) is 12.3 Å². The van der Waals surface area contributed by atoms with E-state index in [-0.39, 0.29) is 11.6 Å². The second-order valence-electron chi connectivity index (χ2n) is 5.71. The van der Waals surface area contributed by atoms with Gasteiger partial charge in [-0.1, -0.05) is 5.92 Å². The number of aromatic nitrogens is 4. The number of rotatable bonds is 3. The van der Waals surface area contributed by atoms with Crippen molar-refractivity contribution in [3.05, 3.63) is 12.5 Å². The van der Waals surface area contributed by atoms with Crippen molar-refractivity contribution in [2.24, 2.45) is 5.92 Å². The minimum Gasteiger partial charge on any atom is -0.396 e. The van der Waals surface area contributed by atoms with Crippen molar-refractivity contribution in [3.63, 3.8) is 0 Å². The number of hydrogen-bond acceptors (Lipinski definition) is 7. The number of aliphatic hydroxyl groups excluding tert-OH is 2. The largest absolute Gasteiger partial charge is 0.396 e. The van der Waals surface area contributed by atoms with Crippen LogP contribution >= 0.6 is 0 Å². The Bertz CT molecular complexity index is 814. The van der Waals surface area contributed by atoms with Crippen molar-refractivity contribution >= 4 is 17.1 Å². The van der Waals surface area contributed by atoms with Crippen LogP contribution in [0.3, 0.4) is 0 Å². The third-order valence-corrected chi connectivity index (χ3v) is 4.16. The molecule has 4 N–H and O–H groups in total. The number of fused-ring (bicyclic) bond motifs is 1. The van der Waals surface area contributed by atoms with Crippen molar-refractivity contribution in [1.82, 2.24) is 19.5 Å². The Kier molecular flexibility index (Phi) is 4.13. The van der Waals surface area contributed by atoms with Crippen molar-refractivity contribution < 1.29 is 19.3 Å². The average molecular weight is 335 g/mol. The van der Waals surface area contributed by atoms with Gasteiger partial charge >= 0.3 is 0 Å². The highest BCUT2D eigenvalue weighted by Gasteiger charge is 2.59. The lowest BCUT2D eigenvalue weighted by atomic mass is 9.85. The maximum atomic E-state index is 15.8. The number of nitrogens with zero attached hydrogens (tertiary/aromatic N) is 4. The molecule has 0 amide bonds. The van der Waals surface area contributed by atoms with Crippen LogP contribution in [0.15, 0.2) is 12.5 Å². The number of halogens is 1. The van der Waals surface area contributed by atoms with Gasteiger partial charge in [-0.25, -0.2) is 14.4 Å². The minimum absolute atomic E-state index is 0.0130. The van der Waals surface area contributed by atoms with Gasteiger partial charge in [0, 0.05) is 0 Å². The molecular weight excluding hydrogens is 317 g/mol. The quantitative estimate of drug-likeness (QED) is 0.677. The van der Waals surface area contributed by atoms with Crippen LogP contribution < -0.4 is 5.73 Å². The zero-order chi connectivity index (χ0) is 17.5. The molecule has 24 heavy (non-hydrogen) atoms. The predicted molar refractivity (Wildman–Crippen MR) is 83.2 cm³/mol. The number of nitrogens with two attached hydrogens (primary N) is 1. The molecule has 1 aliphatic rings. The van der Waals surface area contributed by atoms with E-state index in [0.29, 0.717) is 5.52 Å². The summed E-state index contributed by atoms with van der Waals surface area (Å²) in [7, 11) is 0. The van der Waals surface area contributed by atoms with Gasteiger partial charge in [0.15, 0.2) is 11.9 Å². The molecular formula is C15H18FN5O3. The van der Waals surface area contributed by atoms with Gasteiger partial charge in [-0.2, -0.15) is 4.98 Å². The van der Waals surface area contributed by atoms with E-state index in [0.717, 1.165) is 0 Å². The smallest absolute Gasteiger partial charge is 0.223 e. The predicted octanol–water partition coefficient (Wildman–Crippen LogP) is 0.0268. The van der Waals surface area contributed by atoms with E-state index in [1.165, 1.54) is 30.9 Å². The van der Waals surface area contributed by atoms with Gasteiger partial charge in [0.05, 0.1) is 37.3 Å². The van der Waals surface area contributed by atoms with E-state index in [1.807, 2.05) is 0 Å². The number of anilines is 1. The number of imidazole rings is 1. The van der Waals surface area contributed by atoms with Crippen LogP contribution in [0.5, 0.6) is 0 Å². The fourth-order valence-electron chi connectivity index (χ4n) is 3.08. The Hall–Kier alpha value is -2.28. The summed E-state index contributed by atoms with van der Waals surface area (Å²) in [5.41, 5.74) is 4.08. The SMILES string of the molecule is CC#CC1(F)C(CO)[C@@H]([C@H](C)O)O[C@H]1n1cnc2cnc(N)nc21. The standard InChI is InChI=1S/C15H18FN5O3/c1-3-4-15(16)9(6-22)11(8(2)23)24-13(15)21-7-19-10-5-18-14(17)20-12(10)21/h5,7-9,11,13,22-23H,6H2,1-2H3,(H2,17,18,20)/t8-,9?,11+,13+,15?/m0/s1. The first kappa shape index (κ1) is 16.6. The maximum absolute atomic E-state index is 15.8. The first-order valence-electron chi connectivity index (χ1n) is 7.44. The second kappa shape index (κ2) is 5.98. The fourth-order valence-corrected chi connectivity index (χ4v) is 3.08. The Morgan fingerprint density at radius 1 is 1.54 bits per heavy atom. The molecule has 2 unspecified atom stereocenters. The summed E-state index contributed by atoms with van der Waals surface area (Å²) in [5, 5.41) is 19.6. The van der Waals surface area contributed by atoms with Gasteiger partial charge in [0.2, 0.25) is 11.6 Å². The molecule has 0 aromatic carbocycles. The summed E-state index contributed by atoms with van der Waals surface area (Å²) < 4.78 is 22.8. The van der Waals surface area contributed by atoms with Crippen LogP contribution in [0.1, 0.15) is 20.1 Å². The molecule has 2 aromatic rings. The normalized spacial score (nSPS) is 31.0. The monoisotopic (exact) mass is 335 g/mol. The molecule has 0 aliphatic carbocycles. The highest BCUT2D eigenvalue weighted by atomic mass is 19.1. The molecule has 0 radical (unpaired) electrons. The van der Waals surface area contributed by atoms with Crippen LogP contribution in [0.2, 0.25) is 0 Å². The van der Waals surface area contributed by atoms with E-state index >= 15 is 4.39 Å². The van der Waals surface area contributed by atoms with Gasteiger partial charge in [-0.05, 0) is 13.8 Å². The molecule has 1 fully saturated rings. The summed E-state index contributed by atoms with van der Waals surface area (Å²) in [5.74, 6) is 4.02. The molecule has 5 atom stereocenters. The first-order valence-corrected chi connectivity index (χ1v) is 7.44. The van der Waals surface area contributed by atoms with Crippen LogP contribution in [0, 0.1) is 17.8 Å². The van der Waals surface area contributed by atoms with E-state index < -0.39 is 36.6 Å². The molecule has 1 aliphatic heterocycles. The van der Waals surface area contributed by atoms with Crippen molar-refractivity contribution in [1.29, 1.82) is 0 Å². The number of alkyl halides is 1. The van der Waals surface area contributed by atoms with Gasteiger partial charge < -0.3 is 20.7 Å². The lowest BCUT2D eigenvalue weighted by molar-refractivity contribution is -0.0731. The van der Waals surface area contributed by atoms with E-state index in [1.54, 1.807) is 0 Å². The lowest BCUT2D eigenvalue weighted by Gasteiger charge is -2.26. The lowest BCUT2D eigenvalue weighted by Crippen LogP contribution is -2.41. The van der Waals surface area contributed by atoms with Crippen LogP contribution in [0.25, 0.3) is 11.2 Å². The summed E-state index contributed by atoms with van der Waals surface area (Å²) in [6.07, 6.45) is -0.378. The molecule has 3 rings (SSSR count). The minimum atomic E-state index is -2.22. The van der Waals surface area contributed by atoms with Crippen molar-refractivity contribution in [3.8, 4) is 11.8 Å². The fraction of sp³-hybridized carbons (Fsp3) is 0.533. The molecule has 128 valence electrons. The summed E-state index contributed by atoms with van der Waals surface area (Å²) in [6.45, 7) is 2.44. The number of hydrogen-bond donors (Lipinski definition) is 3. The number of ether oxygens (including phenoxy) is 1. The molecule has 9 heteroatoms. The zero-order valence-electron chi connectivity index (χ0n) is 13.2. The Balaban J connectivity index is 2.16. The van der Waals surface area contributed by atoms with Crippen LogP contribution in [0.4, 0.5) is 10.3 Å². The summed E-state index contributed by atoms with van der Waals surface area (Å²) in [6, 6.07) is 0. The third-order valence-electron chi connectivity index (χ3n) is 4.16.